The summed E-state index contributed by atoms with van der Waals surface area (Å²) in [5.74, 6) is 0.160. The molecule has 0 amide bonds. The highest BCUT2D eigenvalue weighted by Gasteiger charge is 2.28. The Balaban J connectivity index is 1.68. The molecule has 2 aromatic rings. The zero-order valence-electron chi connectivity index (χ0n) is 12.7. The van der Waals surface area contributed by atoms with Gasteiger partial charge in [0.25, 0.3) is 0 Å². The van der Waals surface area contributed by atoms with E-state index in [2.05, 4.69) is 10.00 Å². The minimum absolute atomic E-state index is 0.160. The van der Waals surface area contributed by atoms with Gasteiger partial charge in [-0.05, 0) is 31.5 Å². The lowest BCUT2D eigenvalue weighted by molar-refractivity contribution is 0.272. The Bertz CT molecular complexity index is 725. The molecule has 1 aromatic carbocycles. The summed E-state index contributed by atoms with van der Waals surface area (Å²) in [5, 5.41) is 4.22. The molecule has 1 atom stereocenters. The standard InChI is InChI=1S/C16H21N3O2S/c1-18-13-14(12-17-18)16-8-5-9-19(16)10-11-22(20,21)15-6-3-2-4-7-15/h2-4,6-7,12-13,16H,5,8-11H2,1H3/t16-/m0/s1. The topological polar surface area (TPSA) is 55.2 Å². The molecule has 1 fully saturated rings. The summed E-state index contributed by atoms with van der Waals surface area (Å²) in [6.07, 6.45) is 6.07. The van der Waals surface area contributed by atoms with Crippen molar-refractivity contribution in [2.24, 2.45) is 7.05 Å². The van der Waals surface area contributed by atoms with Gasteiger partial charge in [0.1, 0.15) is 0 Å². The number of rotatable bonds is 5. The minimum Gasteiger partial charge on any atom is -0.295 e. The Kier molecular flexibility index (Phi) is 4.31. The van der Waals surface area contributed by atoms with Crippen molar-refractivity contribution in [1.82, 2.24) is 14.7 Å². The Morgan fingerprint density at radius 1 is 1.27 bits per heavy atom. The molecule has 22 heavy (non-hydrogen) atoms. The average molecular weight is 319 g/mol. The first-order valence-corrected chi connectivity index (χ1v) is 9.22. The van der Waals surface area contributed by atoms with Crippen molar-refractivity contribution in [1.29, 1.82) is 0 Å². The molecule has 1 saturated heterocycles. The van der Waals surface area contributed by atoms with Gasteiger partial charge in [0, 0.05) is 31.4 Å². The van der Waals surface area contributed by atoms with Gasteiger partial charge in [-0.2, -0.15) is 5.10 Å². The van der Waals surface area contributed by atoms with Gasteiger partial charge in [-0.1, -0.05) is 18.2 Å². The molecule has 0 aliphatic carbocycles. The Labute approximate surface area is 131 Å². The van der Waals surface area contributed by atoms with Crippen LogP contribution in [0, 0.1) is 0 Å². The van der Waals surface area contributed by atoms with Crippen LogP contribution in [-0.2, 0) is 16.9 Å². The third-order valence-electron chi connectivity index (χ3n) is 4.22. The first kappa shape index (κ1) is 15.2. The fraction of sp³-hybridized carbons (Fsp3) is 0.438. The van der Waals surface area contributed by atoms with Crippen LogP contribution >= 0.6 is 0 Å². The molecule has 0 radical (unpaired) electrons. The van der Waals surface area contributed by atoms with Crippen molar-refractivity contribution < 1.29 is 8.42 Å². The van der Waals surface area contributed by atoms with Gasteiger partial charge >= 0.3 is 0 Å². The smallest absolute Gasteiger partial charge is 0.179 e. The van der Waals surface area contributed by atoms with Crippen LogP contribution in [0.25, 0.3) is 0 Å². The molecule has 0 saturated carbocycles. The SMILES string of the molecule is Cn1cc([C@@H]2CCCN2CCS(=O)(=O)c2ccccc2)cn1. The highest BCUT2D eigenvalue weighted by Crippen LogP contribution is 2.31. The van der Waals surface area contributed by atoms with Crippen molar-refractivity contribution in [3.8, 4) is 0 Å². The van der Waals surface area contributed by atoms with Crippen molar-refractivity contribution in [3.05, 3.63) is 48.3 Å². The maximum atomic E-state index is 12.4. The summed E-state index contributed by atoms with van der Waals surface area (Å²) in [5.41, 5.74) is 1.18. The largest absolute Gasteiger partial charge is 0.295 e. The molecular weight excluding hydrogens is 298 g/mol. The van der Waals surface area contributed by atoms with E-state index in [1.165, 1.54) is 5.56 Å². The van der Waals surface area contributed by atoms with Gasteiger partial charge in [0.05, 0.1) is 16.8 Å². The van der Waals surface area contributed by atoms with Crippen LogP contribution in [0.4, 0.5) is 0 Å². The highest BCUT2D eigenvalue weighted by molar-refractivity contribution is 7.91. The van der Waals surface area contributed by atoms with E-state index in [-0.39, 0.29) is 5.75 Å². The molecule has 0 unspecified atom stereocenters. The van der Waals surface area contributed by atoms with E-state index in [1.807, 2.05) is 25.5 Å². The maximum Gasteiger partial charge on any atom is 0.179 e. The second kappa shape index (κ2) is 6.22. The van der Waals surface area contributed by atoms with Crippen molar-refractivity contribution >= 4 is 9.84 Å². The third kappa shape index (κ3) is 3.23. The van der Waals surface area contributed by atoms with E-state index in [0.717, 1.165) is 19.4 Å². The minimum atomic E-state index is -3.21. The van der Waals surface area contributed by atoms with Crippen molar-refractivity contribution in [3.63, 3.8) is 0 Å². The lowest BCUT2D eigenvalue weighted by Gasteiger charge is -2.23. The highest BCUT2D eigenvalue weighted by atomic mass is 32.2. The number of likely N-dealkylation sites (tertiary alicyclic amines) is 1. The summed E-state index contributed by atoms with van der Waals surface area (Å²) < 4.78 is 26.6. The second-order valence-corrected chi connectivity index (χ2v) is 7.88. The van der Waals surface area contributed by atoms with Gasteiger partial charge in [-0.15, -0.1) is 0 Å². The van der Waals surface area contributed by atoms with Gasteiger partial charge in [-0.25, -0.2) is 8.42 Å². The predicted molar refractivity (Wildman–Crippen MR) is 85.3 cm³/mol. The molecule has 0 bridgehead atoms. The summed E-state index contributed by atoms with van der Waals surface area (Å²) in [6.45, 7) is 1.51. The number of hydrogen-bond donors (Lipinski definition) is 0. The summed E-state index contributed by atoms with van der Waals surface area (Å²) >= 11 is 0. The zero-order chi connectivity index (χ0) is 15.6. The fourth-order valence-corrected chi connectivity index (χ4v) is 4.35. The monoisotopic (exact) mass is 319 g/mol. The van der Waals surface area contributed by atoms with E-state index in [9.17, 15) is 8.42 Å². The van der Waals surface area contributed by atoms with Crippen LogP contribution in [0.2, 0.25) is 0 Å². The quantitative estimate of drug-likeness (QED) is 0.846. The van der Waals surface area contributed by atoms with E-state index in [0.29, 0.717) is 17.5 Å². The van der Waals surface area contributed by atoms with Crippen LogP contribution in [0.3, 0.4) is 0 Å². The number of aryl methyl sites for hydroxylation is 1. The Morgan fingerprint density at radius 3 is 2.73 bits per heavy atom. The third-order valence-corrected chi connectivity index (χ3v) is 5.93. The van der Waals surface area contributed by atoms with E-state index >= 15 is 0 Å². The maximum absolute atomic E-state index is 12.4. The Morgan fingerprint density at radius 2 is 2.05 bits per heavy atom. The van der Waals surface area contributed by atoms with E-state index in [4.69, 9.17) is 0 Å². The molecule has 1 aliphatic rings. The molecule has 6 heteroatoms. The molecule has 1 aliphatic heterocycles. The lowest BCUT2D eigenvalue weighted by Crippen LogP contribution is -2.29. The first-order valence-electron chi connectivity index (χ1n) is 7.57. The van der Waals surface area contributed by atoms with Crippen molar-refractivity contribution in [2.75, 3.05) is 18.8 Å². The van der Waals surface area contributed by atoms with Crippen LogP contribution in [0.15, 0.2) is 47.6 Å². The normalized spacial score (nSPS) is 19.6. The van der Waals surface area contributed by atoms with E-state index < -0.39 is 9.84 Å². The van der Waals surface area contributed by atoms with E-state index in [1.54, 1.807) is 28.9 Å². The predicted octanol–water partition coefficient (Wildman–Crippen LogP) is 2.03. The van der Waals surface area contributed by atoms with Crippen LogP contribution < -0.4 is 0 Å². The number of aromatic nitrogens is 2. The second-order valence-electron chi connectivity index (χ2n) is 5.77. The molecule has 0 spiro atoms. The van der Waals surface area contributed by atoms with Crippen LogP contribution in [0.1, 0.15) is 24.4 Å². The average Bonchev–Trinajstić information content (AvgIpc) is 3.14. The molecule has 0 N–H and O–H groups in total. The molecule has 1 aromatic heterocycles. The summed E-state index contributed by atoms with van der Waals surface area (Å²) in [4.78, 5) is 2.67. The fourth-order valence-electron chi connectivity index (χ4n) is 3.07. The Hall–Kier alpha value is -1.66. The van der Waals surface area contributed by atoms with Gasteiger partial charge in [0.2, 0.25) is 0 Å². The van der Waals surface area contributed by atoms with Gasteiger partial charge < -0.3 is 0 Å². The van der Waals surface area contributed by atoms with Gasteiger partial charge in [-0.3, -0.25) is 9.58 Å². The number of benzene rings is 1. The van der Waals surface area contributed by atoms with Crippen LogP contribution in [-0.4, -0.2) is 41.9 Å². The molecular formula is C16H21N3O2S. The number of sulfone groups is 1. The zero-order valence-corrected chi connectivity index (χ0v) is 13.5. The first-order chi connectivity index (χ1) is 10.6. The molecule has 118 valence electrons. The molecule has 2 heterocycles. The number of nitrogens with zero attached hydrogens (tertiary/aromatic N) is 3. The molecule has 5 nitrogen and oxygen atoms in total. The summed E-state index contributed by atoms with van der Waals surface area (Å²) in [7, 11) is -1.31. The number of hydrogen-bond acceptors (Lipinski definition) is 4. The lowest BCUT2D eigenvalue weighted by atomic mass is 10.1. The van der Waals surface area contributed by atoms with Gasteiger partial charge in [0.15, 0.2) is 9.84 Å². The summed E-state index contributed by atoms with van der Waals surface area (Å²) in [6, 6.07) is 8.98. The van der Waals surface area contributed by atoms with Crippen molar-refractivity contribution in [2.45, 2.75) is 23.8 Å². The van der Waals surface area contributed by atoms with Crippen LogP contribution in [0.5, 0.6) is 0 Å². The molecule has 3 rings (SSSR count).